The SMILES string of the molecule is Cc1ccc(SC2(C(=O)O)CC(=O)NC2c2ccc3c(c2)OCCO3)cc1. The monoisotopic (exact) mass is 385 g/mol. The number of aliphatic carboxylic acids is 1. The molecular weight excluding hydrogens is 366 g/mol. The molecule has 2 atom stereocenters. The van der Waals surface area contributed by atoms with Crippen LogP contribution in [0.3, 0.4) is 0 Å². The van der Waals surface area contributed by atoms with E-state index in [2.05, 4.69) is 5.32 Å². The van der Waals surface area contributed by atoms with Gasteiger partial charge in [-0.15, -0.1) is 11.8 Å². The Morgan fingerprint density at radius 3 is 2.56 bits per heavy atom. The number of carbonyl (C=O) groups is 2. The van der Waals surface area contributed by atoms with Gasteiger partial charge in [-0.25, -0.2) is 0 Å². The van der Waals surface area contributed by atoms with Crippen LogP contribution in [0.5, 0.6) is 11.5 Å². The first-order valence-corrected chi connectivity index (χ1v) is 9.47. The van der Waals surface area contributed by atoms with Gasteiger partial charge in [-0.2, -0.15) is 0 Å². The Bertz CT molecular complexity index is 898. The lowest BCUT2D eigenvalue weighted by Gasteiger charge is -2.30. The summed E-state index contributed by atoms with van der Waals surface area (Å²) in [6, 6.07) is 12.3. The third kappa shape index (κ3) is 3.23. The molecule has 2 aromatic rings. The van der Waals surface area contributed by atoms with Crippen LogP contribution in [0.15, 0.2) is 47.4 Å². The molecule has 4 rings (SSSR count). The van der Waals surface area contributed by atoms with Crippen LogP contribution in [-0.2, 0) is 9.59 Å². The van der Waals surface area contributed by atoms with E-state index in [0.717, 1.165) is 10.5 Å². The lowest BCUT2D eigenvalue weighted by Crippen LogP contribution is -2.40. The zero-order valence-electron chi connectivity index (χ0n) is 14.7. The number of benzene rings is 2. The molecule has 0 spiro atoms. The maximum atomic E-state index is 12.3. The number of hydrogen-bond acceptors (Lipinski definition) is 5. The van der Waals surface area contributed by atoms with Crippen LogP contribution in [0.25, 0.3) is 0 Å². The number of thioether (sulfide) groups is 1. The van der Waals surface area contributed by atoms with E-state index in [9.17, 15) is 14.7 Å². The molecule has 1 amide bonds. The minimum Gasteiger partial charge on any atom is -0.486 e. The summed E-state index contributed by atoms with van der Waals surface area (Å²) in [5.74, 6) is -0.107. The summed E-state index contributed by atoms with van der Waals surface area (Å²) in [5.41, 5.74) is 1.78. The van der Waals surface area contributed by atoms with E-state index in [4.69, 9.17) is 9.47 Å². The highest BCUT2D eigenvalue weighted by Gasteiger charge is 2.54. The molecular formula is C20H19NO5S. The molecule has 0 aromatic heterocycles. The van der Waals surface area contributed by atoms with E-state index in [-0.39, 0.29) is 12.3 Å². The fourth-order valence-electron chi connectivity index (χ4n) is 3.42. The van der Waals surface area contributed by atoms with Crippen molar-refractivity contribution in [3.8, 4) is 11.5 Å². The van der Waals surface area contributed by atoms with Gasteiger partial charge in [-0.3, -0.25) is 9.59 Å². The van der Waals surface area contributed by atoms with Crippen LogP contribution in [0.4, 0.5) is 0 Å². The largest absolute Gasteiger partial charge is 0.486 e. The number of rotatable bonds is 4. The summed E-state index contributed by atoms with van der Waals surface area (Å²) in [6.07, 6.45) is -0.0972. The van der Waals surface area contributed by atoms with Crippen molar-refractivity contribution in [3.05, 3.63) is 53.6 Å². The van der Waals surface area contributed by atoms with Crippen molar-refractivity contribution in [1.29, 1.82) is 0 Å². The maximum Gasteiger partial charge on any atom is 0.323 e. The molecule has 2 aliphatic heterocycles. The molecule has 1 saturated heterocycles. The standard InChI is InChI=1S/C20H19NO5S/c1-12-2-5-14(6-3-12)27-20(19(23)24)11-17(22)21-18(20)13-4-7-15-16(10-13)26-9-8-25-15/h2-7,10,18H,8-9,11H2,1H3,(H,21,22)(H,23,24). The number of nitrogens with one attached hydrogen (secondary N) is 1. The molecule has 2 unspecified atom stereocenters. The summed E-state index contributed by atoms with van der Waals surface area (Å²) < 4.78 is 9.82. The number of carboxylic acid groups (broad SMARTS) is 1. The number of carboxylic acids is 1. The summed E-state index contributed by atoms with van der Waals surface area (Å²) in [4.78, 5) is 25.4. The number of ether oxygens (including phenoxy) is 2. The number of hydrogen-bond donors (Lipinski definition) is 2. The zero-order chi connectivity index (χ0) is 19.0. The average Bonchev–Trinajstić information content (AvgIpc) is 3.00. The second kappa shape index (κ2) is 6.81. The fraction of sp³-hybridized carbons (Fsp3) is 0.300. The van der Waals surface area contributed by atoms with Gasteiger partial charge in [0.2, 0.25) is 5.91 Å². The van der Waals surface area contributed by atoms with Gasteiger partial charge >= 0.3 is 5.97 Å². The van der Waals surface area contributed by atoms with Gasteiger partial charge in [0.15, 0.2) is 16.2 Å². The second-order valence-corrected chi connectivity index (χ2v) is 8.09. The quantitative estimate of drug-likeness (QED) is 0.842. The molecule has 6 nitrogen and oxygen atoms in total. The van der Waals surface area contributed by atoms with Gasteiger partial charge in [0.05, 0.1) is 12.5 Å². The fourth-order valence-corrected chi connectivity index (χ4v) is 4.71. The highest BCUT2D eigenvalue weighted by molar-refractivity contribution is 8.01. The average molecular weight is 385 g/mol. The van der Waals surface area contributed by atoms with E-state index in [1.165, 1.54) is 11.8 Å². The molecule has 0 saturated carbocycles. The number of carbonyl (C=O) groups excluding carboxylic acids is 1. The Balaban J connectivity index is 1.74. The van der Waals surface area contributed by atoms with Gasteiger partial charge in [0.25, 0.3) is 0 Å². The van der Waals surface area contributed by atoms with Crippen molar-refractivity contribution in [2.45, 2.75) is 29.0 Å². The van der Waals surface area contributed by atoms with Crippen LogP contribution in [0.2, 0.25) is 0 Å². The van der Waals surface area contributed by atoms with Crippen molar-refractivity contribution < 1.29 is 24.2 Å². The minimum atomic E-state index is -1.34. The van der Waals surface area contributed by atoms with E-state index >= 15 is 0 Å². The topological polar surface area (TPSA) is 84.9 Å². The van der Waals surface area contributed by atoms with Crippen LogP contribution in [0, 0.1) is 6.92 Å². The van der Waals surface area contributed by atoms with Gasteiger partial charge < -0.3 is 19.9 Å². The van der Waals surface area contributed by atoms with Crippen molar-refractivity contribution in [2.75, 3.05) is 13.2 Å². The Kier molecular flexibility index (Phi) is 4.47. The van der Waals surface area contributed by atoms with Crippen LogP contribution >= 0.6 is 11.8 Å². The first-order chi connectivity index (χ1) is 13.0. The number of amides is 1. The maximum absolute atomic E-state index is 12.3. The van der Waals surface area contributed by atoms with E-state index in [0.29, 0.717) is 30.3 Å². The smallest absolute Gasteiger partial charge is 0.323 e. The third-order valence-electron chi connectivity index (χ3n) is 4.78. The van der Waals surface area contributed by atoms with Crippen molar-refractivity contribution in [2.24, 2.45) is 0 Å². The highest BCUT2D eigenvalue weighted by atomic mass is 32.2. The lowest BCUT2D eigenvalue weighted by atomic mass is 9.93. The van der Waals surface area contributed by atoms with Gasteiger partial charge in [-0.05, 0) is 36.8 Å². The van der Waals surface area contributed by atoms with E-state index < -0.39 is 16.8 Å². The van der Waals surface area contributed by atoms with Crippen LogP contribution < -0.4 is 14.8 Å². The summed E-state index contributed by atoms with van der Waals surface area (Å²) >= 11 is 1.20. The highest BCUT2D eigenvalue weighted by Crippen LogP contribution is 2.49. The van der Waals surface area contributed by atoms with E-state index in [1.807, 2.05) is 31.2 Å². The first-order valence-electron chi connectivity index (χ1n) is 8.66. The number of aryl methyl sites for hydroxylation is 1. The first kappa shape index (κ1) is 17.7. The molecule has 2 N–H and O–H groups in total. The van der Waals surface area contributed by atoms with Crippen LogP contribution in [-0.4, -0.2) is 34.9 Å². The van der Waals surface area contributed by atoms with Crippen molar-refractivity contribution in [3.63, 3.8) is 0 Å². The Morgan fingerprint density at radius 2 is 1.85 bits per heavy atom. The molecule has 7 heteroatoms. The Morgan fingerprint density at radius 1 is 1.15 bits per heavy atom. The van der Waals surface area contributed by atoms with Gasteiger partial charge in [-0.1, -0.05) is 23.8 Å². The normalized spacial score (nSPS) is 23.7. The van der Waals surface area contributed by atoms with Crippen LogP contribution in [0.1, 0.15) is 23.6 Å². The summed E-state index contributed by atoms with van der Waals surface area (Å²) in [6.45, 7) is 2.89. The third-order valence-corrected chi connectivity index (χ3v) is 6.20. The molecule has 2 aromatic carbocycles. The van der Waals surface area contributed by atoms with E-state index in [1.54, 1.807) is 18.2 Å². The molecule has 2 aliphatic rings. The molecule has 1 fully saturated rings. The lowest BCUT2D eigenvalue weighted by molar-refractivity contribution is -0.140. The Labute approximate surface area is 160 Å². The summed E-state index contributed by atoms with van der Waals surface area (Å²) in [5, 5.41) is 12.9. The molecule has 0 radical (unpaired) electrons. The molecule has 140 valence electrons. The molecule has 0 bridgehead atoms. The summed E-state index contributed by atoms with van der Waals surface area (Å²) in [7, 11) is 0. The predicted octanol–water partition coefficient (Wildman–Crippen LogP) is 2.94. The molecule has 27 heavy (non-hydrogen) atoms. The molecule has 2 heterocycles. The Hall–Kier alpha value is -2.67. The number of fused-ring (bicyclic) bond motifs is 1. The molecule has 0 aliphatic carbocycles. The van der Waals surface area contributed by atoms with Gasteiger partial charge in [0.1, 0.15) is 13.2 Å². The zero-order valence-corrected chi connectivity index (χ0v) is 15.5. The predicted molar refractivity (Wildman–Crippen MR) is 100 cm³/mol. The second-order valence-electron chi connectivity index (χ2n) is 6.69. The minimum absolute atomic E-state index is 0.0972. The van der Waals surface area contributed by atoms with Crippen molar-refractivity contribution >= 4 is 23.6 Å². The van der Waals surface area contributed by atoms with Crippen molar-refractivity contribution in [1.82, 2.24) is 5.32 Å². The van der Waals surface area contributed by atoms with Gasteiger partial charge in [0, 0.05) is 4.90 Å².